The highest BCUT2D eigenvalue weighted by Crippen LogP contribution is 2.13. The minimum absolute atomic E-state index is 0.573. The van der Waals surface area contributed by atoms with Crippen molar-refractivity contribution < 1.29 is 9.59 Å². The molecular formula is C17H16ClN3O2. The molecule has 0 heterocycles. The largest absolute Gasteiger partial charge is 0.329 e. The van der Waals surface area contributed by atoms with Crippen molar-refractivity contribution in [3.63, 3.8) is 0 Å². The van der Waals surface area contributed by atoms with Crippen LogP contribution in [0.5, 0.6) is 0 Å². The second-order valence-corrected chi connectivity index (χ2v) is 5.52. The van der Waals surface area contributed by atoms with E-state index in [0.717, 1.165) is 16.7 Å². The van der Waals surface area contributed by atoms with Crippen LogP contribution in [-0.2, 0) is 9.59 Å². The fourth-order valence-corrected chi connectivity index (χ4v) is 2.13. The van der Waals surface area contributed by atoms with Crippen molar-refractivity contribution in [2.24, 2.45) is 5.10 Å². The van der Waals surface area contributed by atoms with E-state index in [4.69, 9.17) is 11.6 Å². The fourth-order valence-electron chi connectivity index (χ4n) is 2.00. The molecule has 0 aliphatic rings. The van der Waals surface area contributed by atoms with E-state index in [1.165, 1.54) is 6.21 Å². The fraction of sp³-hybridized carbons (Fsp3) is 0.118. The zero-order valence-corrected chi connectivity index (χ0v) is 13.5. The number of hydrogen-bond donors (Lipinski definition) is 2. The molecule has 0 fully saturated rings. The van der Waals surface area contributed by atoms with Crippen LogP contribution in [0.3, 0.4) is 0 Å². The zero-order valence-electron chi connectivity index (χ0n) is 12.8. The van der Waals surface area contributed by atoms with Crippen LogP contribution in [0.1, 0.15) is 16.7 Å². The Kier molecular flexibility index (Phi) is 5.49. The smallest absolute Gasteiger partial charge is 0.318 e. The Morgan fingerprint density at radius 2 is 1.61 bits per heavy atom. The Hall–Kier alpha value is -2.66. The van der Waals surface area contributed by atoms with Crippen molar-refractivity contribution in [1.82, 2.24) is 5.43 Å². The maximum Gasteiger partial charge on any atom is 0.329 e. The summed E-state index contributed by atoms with van der Waals surface area (Å²) in [5.41, 5.74) is 5.51. The second kappa shape index (κ2) is 7.56. The summed E-state index contributed by atoms with van der Waals surface area (Å²) < 4.78 is 0. The Balaban J connectivity index is 1.92. The molecule has 0 radical (unpaired) electrons. The Bertz CT molecular complexity index is 735. The van der Waals surface area contributed by atoms with E-state index in [1.807, 2.05) is 19.9 Å². The van der Waals surface area contributed by atoms with Crippen LogP contribution in [0.15, 0.2) is 47.6 Å². The molecule has 0 aromatic heterocycles. The first-order valence-electron chi connectivity index (χ1n) is 6.92. The predicted octanol–water partition coefficient (Wildman–Crippen LogP) is 3.05. The first-order chi connectivity index (χ1) is 10.9. The number of anilines is 1. The molecule has 5 nitrogen and oxygen atoms in total. The van der Waals surface area contributed by atoms with Gasteiger partial charge in [-0.1, -0.05) is 29.8 Å². The van der Waals surface area contributed by atoms with Crippen molar-refractivity contribution in [3.8, 4) is 0 Å². The molecule has 0 saturated heterocycles. The second-order valence-electron chi connectivity index (χ2n) is 5.08. The Morgan fingerprint density at radius 1 is 1.00 bits per heavy atom. The van der Waals surface area contributed by atoms with E-state index < -0.39 is 11.8 Å². The molecule has 118 valence electrons. The van der Waals surface area contributed by atoms with Gasteiger partial charge in [0.05, 0.1) is 6.21 Å². The number of aryl methyl sites for hydroxylation is 2. The van der Waals surface area contributed by atoms with Gasteiger partial charge in [-0.25, -0.2) is 5.43 Å². The van der Waals surface area contributed by atoms with Crippen molar-refractivity contribution >= 4 is 35.3 Å². The lowest BCUT2D eigenvalue weighted by Gasteiger charge is -2.06. The number of amides is 2. The van der Waals surface area contributed by atoms with Crippen LogP contribution in [0.4, 0.5) is 5.69 Å². The number of nitrogens with one attached hydrogen (secondary N) is 2. The average Bonchev–Trinajstić information content (AvgIpc) is 2.48. The van der Waals surface area contributed by atoms with Crippen molar-refractivity contribution in [2.45, 2.75) is 13.8 Å². The summed E-state index contributed by atoms with van der Waals surface area (Å²) in [6.45, 7) is 3.83. The van der Waals surface area contributed by atoms with Crippen LogP contribution in [-0.4, -0.2) is 18.0 Å². The summed E-state index contributed by atoms with van der Waals surface area (Å²) in [6, 6.07) is 12.5. The molecule has 0 spiro atoms. The zero-order chi connectivity index (χ0) is 16.8. The van der Waals surface area contributed by atoms with Gasteiger partial charge >= 0.3 is 11.8 Å². The summed E-state index contributed by atoms with van der Waals surface area (Å²) in [7, 11) is 0. The van der Waals surface area contributed by atoms with Gasteiger partial charge in [0.1, 0.15) is 0 Å². The van der Waals surface area contributed by atoms with Gasteiger partial charge < -0.3 is 5.32 Å². The molecular weight excluding hydrogens is 314 g/mol. The molecule has 2 aromatic carbocycles. The van der Waals surface area contributed by atoms with Crippen LogP contribution in [0, 0.1) is 13.8 Å². The molecule has 2 aromatic rings. The standard InChI is InChI=1S/C17H16ClN3O2/c1-11-7-12(2)9-15(8-11)20-16(22)17(23)21-19-10-13-3-5-14(18)6-4-13/h3-10H,1-2H3,(H,20,22)(H,21,23)/b19-10+. The van der Waals surface area contributed by atoms with Gasteiger partial charge in [-0.3, -0.25) is 9.59 Å². The molecule has 0 saturated carbocycles. The van der Waals surface area contributed by atoms with Crippen LogP contribution < -0.4 is 10.7 Å². The quantitative estimate of drug-likeness (QED) is 0.516. The minimum atomic E-state index is -0.839. The molecule has 6 heteroatoms. The minimum Gasteiger partial charge on any atom is -0.318 e. The third-order valence-corrected chi connectivity index (χ3v) is 3.19. The first kappa shape index (κ1) is 16.7. The van der Waals surface area contributed by atoms with E-state index in [2.05, 4.69) is 15.8 Å². The normalized spacial score (nSPS) is 10.6. The summed E-state index contributed by atoms with van der Waals surface area (Å²) in [5, 5.41) is 6.89. The van der Waals surface area contributed by atoms with Gasteiger partial charge in [0.15, 0.2) is 0 Å². The van der Waals surface area contributed by atoms with Gasteiger partial charge in [0.2, 0.25) is 0 Å². The number of hydrazone groups is 1. The monoisotopic (exact) mass is 329 g/mol. The van der Waals surface area contributed by atoms with Gasteiger partial charge in [-0.2, -0.15) is 5.10 Å². The molecule has 0 aliphatic carbocycles. The van der Waals surface area contributed by atoms with E-state index in [-0.39, 0.29) is 0 Å². The Morgan fingerprint density at radius 3 is 2.22 bits per heavy atom. The average molecular weight is 330 g/mol. The van der Waals surface area contributed by atoms with E-state index >= 15 is 0 Å². The van der Waals surface area contributed by atoms with E-state index in [0.29, 0.717) is 10.7 Å². The molecule has 2 amide bonds. The molecule has 2 N–H and O–H groups in total. The molecule has 0 atom stereocenters. The van der Waals surface area contributed by atoms with E-state index in [9.17, 15) is 9.59 Å². The summed E-state index contributed by atoms with van der Waals surface area (Å²) in [6.07, 6.45) is 1.43. The lowest BCUT2D eigenvalue weighted by Crippen LogP contribution is -2.32. The molecule has 23 heavy (non-hydrogen) atoms. The van der Waals surface area contributed by atoms with Gasteiger partial charge in [0, 0.05) is 10.7 Å². The summed E-state index contributed by atoms with van der Waals surface area (Å²) >= 11 is 5.77. The third kappa shape index (κ3) is 5.23. The Labute approximate surface area is 139 Å². The first-order valence-corrected chi connectivity index (χ1v) is 7.30. The van der Waals surface area contributed by atoms with Gasteiger partial charge in [0.25, 0.3) is 0 Å². The highest BCUT2D eigenvalue weighted by atomic mass is 35.5. The maximum atomic E-state index is 11.8. The van der Waals surface area contributed by atoms with E-state index in [1.54, 1.807) is 36.4 Å². The predicted molar refractivity (Wildman–Crippen MR) is 91.7 cm³/mol. The van der Waals surface area contributed by atoms with Crippen molar-refractivity contribution in [1.29, 1.82) is 0 Å². The topological polar surface area (TPSA) is 70.6 Å². The lowest BCUT2D eigenvalue weighted by atomic mass is 10.1. The van der Waals surface area contributed by atoms with Crippen molar-refractivity contribution in [2.75, 3.05) is 5.32 Å². The van der Waals surface area contributed by atoms with Gasteiger partial charge in [-0.15, -0.1) is 0 Å². The van der Waals surface area contributed by atoms with Crippen LogP contribution in [0.25, 0.3) is 0 Å². The number of halogens is 1. The third-order valence-electron chi connectivity index (χ3n) is 2.94. The van der Waals surface area contributed by atoms with Crippen molar-refractivity contribution in [3.05, 3.63) is 64.2 Å². The van der Waals surface area contributed by atoms with Crippen LogP contribution in [0.2, 0.25) is 5.02 Å². The molecule has 0 aliphatic heterocycles. The summed E-state index contributed by atoms with van der Waals surface area (Å²) in [5.74, 6) is -1.61. The number of hydrogen-bond acceptors (Lipinski definition) is 3. The van der Waals surface area contributed by atoms with Crippen LogP contribution >= 0.6 is 11.6 Å². The number of benzene rings is 2. The number of rotatable bonds is 3. The highest BCUT2D eigenvalue weighted by molar-refractivity contribution is 6.39. The summed E-state index contributed by atoms with van der Waals surface area (Å²) in [4.78, 5) is 23.5. The highest BCUT2D eigenvalue weighted by Gasteiger charge is 2.13. The number of nitrogens with zero attached hydrogens (tertiary/aromatic N) is 1. The number of carbonyl (C=O) groups excluding carboxylic acids is 2. The SMILES string of the molecule is Cc1cc(C)cc(NC(=O)C(=O)N/N=C/c2ccc(Cl)cc2)c1. The lowest BCUT2D eigenvalue weighted by molar-refractivity contribution is -0.136. The molecule has 0 unspecified atom stereocenters. The maximum absolute atomic E-state index is 11.8. The molecule has 0 bridgehead atoms. The van der Waals surface area contributed by atoms with Gasteiger partial charge in [-0.05, 0) is 54.8 Å². The number of carbonyl (C=O) groups is 2. The molecule has 2 rings (SSSR count).